The second-order valence-corrected chi connectivity index (χ2v) is 6.95. The van der Waals surface area contributed by atoms with Crippen molar-refractivity contribution in [3.05, 3.63) is 45.4 Å². The van der Waals surface area contributed by atoms with Gasteiger partial charge in [-0.2, -0.15) is 0 Å². The molecule has 6 heteroatoms. The number of benzene rings is 2. The summed E-state index contributed by atoms with van der Waals surface area (Å²) >= 11 is 3.46. The lowest BCUT2D eigenvalue weighted by molar-refractivity contribution is 0.102. The summed E-state index contributed by atoms with van der Waals surface area (Å²) in [5, 5.41) is 3.04. The fourth-order valence-corrected chi connectivity index (χ4v) is 3.45. The second-order valence-electron chi connectivity index (χ2n) is 6.15. The van der Waals surface area contributed by atoms with Crippen molar-refractivity contribution in [2.24, 2.45) is 0 Å². The normalized spacial score (nSPS) is 10.6. The van der Waals surface area contributed by atoms with Crippen molar-refractivity contribution < 1.29 is 19.0 Å². The zero-order valence-electron chi connectivity index (χ0n) is 15.9. The zero-order valence-corrected chi connectivity index (χ0v) is 17.5. The lowest BCUT2D eigenvalue weighted by Gasteiger charge is -2.19. The van der Waals surface area contributed by atoms with Crippen molar-refractivity contribution in [2.45, 2.75) is 26.7 Å². The van der Waals surface area contributed by atoms with E-state index in [-0.39, 0.29) is 11.8 Å². The van der Waals surface area contributed by atoms with Gasteiger partial charge >= 0.3 is 0 Å². The van der Waals surface area contributed by atoms with Gasteiger partial charge in [0.15, 0.2) is 11.5 Å². The van der Waals surface area contributed by atoms with Gasteiger partial charge in [-0.25, -0.2) is 0 Å². The molecule has 2 rings (SSSR count). The van der Waals surface area contributed by atoms with Gasteiger partial charge in [0.1, 0.15) is 0 Å². The van der Waals surface area contributed by atoms with Gasteiger partial charge in [0, 0.05) is 5.69 Å². The van der Waals surface area contributed by atoms with Crippen molar-refractivity contribution in [1.82, 2.24) is 0 Å². The Morgan fingerprint density at radius 2 is 1.73 bits per heavy atom. The summed E-state index contributed by atoms with van der Waals surface area (Å²) in [7, 11) is 4.56. The molecule has 2 aromatic carbocycles. The highest BCUT2D eigenvalue weighted by Gasteiger charge is 2.23. The predicted molar refractivity (Wildman–Crippen MR) is 107 cm³/mol. The Kier molecular flexibility index (Phi) is 6.53. The first kappa shape index (κ1) is 20.1. The van der Waals surface area contributed by atoms with E-state index in [1.165, 1.54) is 21.3 Å². The number of para-hydroxylation sites is 1. The van der Waals surface area contributed by atoms with Crippen molar-refractivity contribution in [2.75, 3.05) is 26.6 Å². The van der Waals surface area contributed by atoms with Crippen LogP contribution in [0.1, 0.15) is 41.3 Å². The highest BCUT2D eigenvalue weighted by Crippen LogP contribution is 2.45. The average molecular weight is 422 g/mol. The topological polar surface area (TPSA) is 56.8 Å². The SMILES string of the molecule is COc1cc(C(=O)Nc2c(C)cccc2C(C)C)c(Br)c(OC)c1OC. The maximum absolute atomic E-state index is 13.0. The first-order chi connectivity index (χ1) is 12.3. The van der Waals surface area contributed by atoms with Gasteiger partial charge in [0.05, 0.1) is 31.4 Å². The maximum atomic E-state index is 13.0. The molecule has 0 fully saturated rings. The van der Waals surface area contributed by atoms with Crippen LogP contribution in [-0.4, -0.2) is 27.2 Å². The lowest BCUT2D eigenvalue weighted by Crippen LogP contribution is -2.16. The van der Waals surface area contributed by atoms with E-state index in [1.54, 1.807) is 6.07 Å². The molecule has 0 aliphatic heterocycles. The molecule has 0 bridgehead atoms. The molecule has 1 amide bonds. The zero-order chi connectivity index (χ0) is 19.4. The van der Waals surface area contributed by atoms with Crippen LogP contribution in [0.25, 0.3) is 0 Å². The number of rotatable bonds is 6. The Labute approximate surface area is 162 Å². The second kappa shape index (κ2) is 8.45. The lowest BCUT2D eigenvalue weighted by atomic mass is 9.98. The Hall–Kier alpha value is -2.21. The van der Waals surface area contributed by atoms with Crippen molar-refractivity contribution >= 4 is 27.5 Å². The summed E-state index contributed by atoms with van der Waals surface area (Å²) in [5.41, 5.74) is 3.32. The van der Waals surface area contributed by atoms with Crippen LogP contribution in [-0.2, 0) is 0 Å². The number of carbonyl (C=O) groups excluding carboxylic acids is 1. The minimum Gasteiger partial charge on any atom is -0.493 e. The van der Waals surface area contributed by atoms with Gasteiger partial charge in [-0.05, 0) is 46.0 Å². The number of aryl methyl sites for hydroxylation is 1. The molecule has 0 spiro atoms. The van der Waals surface area contributed by atoms with Gasteiger partial charge in [-0.15, -0.1) is 0 Å². The van der Waals surface area contributed by atoms with Gasteiger partial charge in [0.25, 0.3) is 5.91 Å². The number of hydrogen-bond donors (Lipinski definition) is 1. The summed E-state index contributed by atoms with van der Waals surface area (Å²) < 4.78 is 16.6. The fourth-order valence-electron chi connectivity index (χ4n) is 2.81. The summed E-state index contributed by atoms with van der Waals surface area (Å²) in [6.07, 6.45) is 0. The number of hydrogen-bond acceptors (Lipinski definition) is 4. The number of halogens is 1. The van der Waals surface area contributed by atoms with E-state index in [4.69, 9.17) is 14.2 Å². The molecule has 0 heterocycles. The van der Waals surface area contributed by atoms with Crippen LogP contribution in [0.2, 0.25) is 0 Å². The van der Waals surface area contributed by atoms with E-state index >= 15 is 0 Å². The van der Waals surface area contributed by atoms with Crippen LogP contribution >= 0.6 is 15.9 Å². The molecule has 26 heavy (non-hydrogen) atoms. The Balaban J connectivity index is 2.52. The molecule has 0 radical (unpaired) electrons. The van der Waals surface area contributed by atoms with E-state index in [9.17, 15) is 4.79 Å². The Bertz CT molecular complexity index is 818. The van der Waals surface area contributed by atoms with E-state index < -0.39 is 0 Å². The van der Waals surface area contributed by atoms with Gasteiger partial charge < -0.3 is 19.5 Å². The number of nitrogens with one attached hydrogen (secondary N) is 1. The van der Waals surface area contributed by atoms with Crippen LogP contribution in [0.15, 0.2) is 28.7 Å². The first-order valence-corrected chi connectivity index (χ1v) is 9.04. The Morgan fingerprint density at radius 3 is 2.27 bits per heavy atom. The summed E-state index contributed by atoms with van der Waals surface area (Å²) in [4.78, 5) is 13.0. The average Bonchev–Trinajstić information content (AvgIpc) is 2.62. The van der Waals surface area contributed by atoms with Crippen molar-refractivity contribution in [3.63, 3.8) is 0 Å². The summed E-state index contributed by atoms with van der Waals surface area (Å²) in [6.45, 7) is 6.17. The molecule has 0 saturated heterocycles. The molecule has 1 N–H and O–H groups in total. The van der Waals surface area contributed by atoms with E-state index in [1.807, 2.05) is 25.1 Å². The minimum absolute atomic E-state index is 0.257. The van der Waals surface area contributed by atoms with Gasteiger partial charge in [0.2, 0.25) is 5.75 Å². The summed E-state index contributed by atoms with van der Waals surface area (Å²) in [5.74, 6) is 1.29. The largest absolute Gasteiger partial charge is 0.493 e. The number of amides is 1. The number of methoxy groups -OCH3 is 3. The van der Waals surface area contributed by atoms with E-state index in [0.29, 0.717) is 27.3 Å². The minimum atomic E-state index is -0.257. The van der Waals surface area contributed by atoms with Crippen LogP contribution < -0.4 is 19.5 Å². The summed E-state index contributed by atoms with van der Waals surface area (Å²) in [6, 6.07) is 7.63. The molecule has 0 unspecified atom stereocenters. The molecule has 0 saturated carbocycles. The van der Waals surface area contributed by atoms with Crippen LogP contribution in [0.5, 0.6) is 17.2 Å². The molecule has 0 aliphatic carbocycles. The molecule has 2 aromatic rings. The molecule has 0 aromatic heterocycles. The highest BCUT2D eigenvalue weighted by atomic mass is 79.9. The predicted octanol–water partition coefficient (Wildman–Crippen LogP) is 5.16. The first-order valence-electron chi connectivity index (χ1n) is 8.24. The fraction of sp³-hybridized carbons (Fsp3) is 0.350. The number of ether oxygens (including phenoxy) is 3. The van der Waals surface area contributed by atoms with Crippen molar-refractivity contribution in [3.8, 4) is 17.2 Å². The van der Waals surface area contributed by atoms with Crippen LogP contribution in [0.4, 0.5) is 5.69 Å². The molecular weight excluding hydrogens is 398 g/mol. The molecule has 140 valence electrons. The molecule has 5 nitrogen and oxygen atoms in total. The van der Waals surface area contributed by atoms with E-state index in [2.05, 4.69) is 35.1 Å². The third-order valence-electron chi connectivity index (χ3n) is 4.18. The number of anilines is 1. The van der Waals surface area contributed by atoms with Crippen LogP contribution in [0.3, 0.4) is 0 Å². The van der Waals surface area contributed by atoms with E-state index in [0.717, 1.165) is 16.8 Å². The molecule has 0 aliphatic rings. The highest BCUT2D eigenvalue weighted by molar-refractivity contribution is 9.10. The Morgan fingerprint density at radius 1 is 1.08 bits per heavy atom. The monoisotopic (exact) mass is 421 g/mol. The smallest absolute Gasteiger partial charge is 0.257 e. The standard InChI is InChI=1S/C20H24BrNO4/c1-11(2)13-9-7-8-12(3)17(13)22-20(23)14-10-15(24-4)18(25-5)19(26-6)16(14)21/h7-11H,1-6H3,(H,22,23). The third kappa shape index (κ3) is 3.80. The third-order valence-corrected chi connectivity index (χ3v) is 4.97. The number of carbonyl (C=O) groups is 1. The van der Waals surface area contributed by atoms with Gasteiger partial charge in [-0.3, -0.25) is 4.79 Å². The maximum Gasteiger partial charge on any atom is 0.257 e. The van der Waals surface area contributed by atoms with Crippen LogP contribution in [0, 0.1) is 6.92 Å². The quantitative estimate of drug-likeness (QED) is 0.699. The molecule has 0 atom stereocenters. The molecular formula is C20H24BrNO4. The van der Waals surface area contributed by atoms with Gasteiger partial charge in [-0.1, -0.05) is 32.0 Å². The van der Waals surface area contributed by atoms with Crippen molar-refractivity contribution in [1.29, 1.82) is 0 Å².